The summed E-state index contributed by atoms with van der Waals surface area (Å²) >= 11 is 1.38. The molecule has 1 amide bonds. The first-order chi connectivity index (χ1) is 15.4. The fourth-order valence-electron chi connectivity index (χ4n) is 4.08. The Morgan fingerprint density at radius 2 is 1.84 bits per heavy atom. The number of benzene rings is 1. The quantitative estimate of drug-likeness (QED) is 0.585. The number of carbonyl (C=O) groups is 1. The van der Waals surface area contributed by atoms with E-state index in [9.17, 15) is 13.2 Å². The molecular weight excluding hydrogens is 450 g/mol. The van der Waals surface area contributed by atoms with Crippen molar-refractivity contribution in [2.45, 2.75) is 42.3 Å². The van der Waals surface area contributed by atoms with E-state index < -0.39 is 10.0 Å². The number of thioether (sulfide) groups is 1. The van der Waals surface area contributed by atoms with Gasteiger partial charge in [0.25, 0.3) is 0 Å². The molecule has 2 aromatic rings. The van der Waals surface area contributed by atoms with E-state index in [-0.39, 0.29) is 10.8 Å². The second-order valence-corrected chi connectivity index (χ2v) is 11.0. The van der Waals surface area contributed by atoms with E-state index >= 15 is 0 Å². The molecule has 0 radical (unpaired) electrons. The number of hydrogen-bond donors (Lipinski definition) is 0. The second-order valence-electron chi connectivity index (χ2n) is 8.13. The Morgan fingerprint density at radius 1 is 1.12 bits per heavy atom. The van der Waals surface area contributed by atoms with Gasteiger partial charge in [0.1, 0.15) is 0 Å². The maximum absolute atomic E-state index is 12.8. The van der Waals surface area contributed by atoms with E-state index in [0.29, 0.717) is 49.1 Å². The van der Waals surface area contributed by atoms with E-state index in [2.05, 4.69) is 17.1 Å². The third kappa shape index (κ3) is 4.85. The average Bonchev–Trinajstić information content (AvgIpc) is 3.18. The zero-order valence-corrected chi connectivity index (χ0v) is 20.1. The Hall–Kier alpha value is -1.95. The van der Waals surface area contributed by atoms with Gasteiger partial charge >= 0.3 is 0 Å². The molecule has 3 heterocycles. The number of rotatable bonds is 6. The summed E-state index contributed by atoms with van der Waals surface area (Å²) in [7, 11) is -1.68. The number of morpholine rings is 1. The lowest BCUT2D eigenvalue weighted by atomic mass is 10.0. The molecule has 2 saturated heterocycles. The molecule has 2 aliphatic rings. The smallest absolute Gasteiger partial charge is 0.243 e. The number of hydrogen-bond acceptors (Lipinski definition) is 7. The molecule has 0 aliphatic carbocycles. The largest absolute Gasteiger partial charge is 0.379 e. The van der Waals surface area contributed by atoms with Crippen molar-refractivity contribution in [2.24, 2.45) is 7.05 Å². The highest BCUT2D eigenvalue weighted by atomic mass is 32.2. The van der Waals surface area contributed by atoms with Crippen molar-refractivity contribution in [1.82, 2.24) is 24.0 Å². The van der Waals surface area contributed by atoms with Crippen molar-refractivity contribution < 1.29 is 17.9 Å². The third-order valence-electron chi connectivity index (χ3n) is 6.00. The Bertz CT molecular complexity index is 1050. The van der Waals surface area contributed by atoms with Crippen LogP contribution in [0.1, 0.15) is 26.2 Å². The molecule has 0 N–H and O–H groups in total. The number of nitrogens with zero attached hydrogens (tertiary/aromatic N) is 5. The lowest BCUT2D eigenvalue weighted by molar-refractivity contribution is -0.131. The summed E-state index contributed by atoms with van der Waals surface area (Å²) in [4.78, 5) is 14.8. The van der Waals surface area contributed by atoms with Crippen molar-refractivity contribution in [2.75, 3.05) is 38.6 Å². The number of sulfonamides is 1. The van der Waals surface area contributed by atoms with Crippen LogP contribution in [0.4, 0.5) is 0 Å². The van der Waals surface area contributed by atoms with E-state index in [1.807, 2.05) is 16.5 Å². The first-order valence-electron chi connectivity index (χ1n) is 10.9. The minimum absolute atomic E-state index is 0.129. The van der Waals surface area contributed by atoms with Gasteiger partial charge < -0.3 is 14.2 Å². The van der Waals surface area contributed by atoms with Crippen molar-refractivity contribution >= 4 is 27.7 Å². The summed E-state index contributed by atoms with van der Waals surface area (Å²) in [6.45, 7) is 4.48. The van der Waals surface area contributed by atoms with Crippen LogP contribution in [0.2, 0.25) is 0 Å². The number of aromatic nitrogens is 3. The molecule has 9 nitrogen and oxygen atoms in total. The molecule has 1 aromatic heterocycles. The molecular formula is C21H29N5O4S2. The third-order valence-corrected chi connectivity index (χ3v) is 8.92. The fourth-order valence-corrected chi connectivity index (χ4v) is 6.29. The van der Waals surface area contributed by atoms with Crippen LogP contribution in [-0.4, -0.2) is 82.9 Å². The van der Waals surface area contributed by atoms with Gasteiger partial charge in [-0.15, -0.1) is 10.2 Å². The topological polar surface area (TPSA) is 97.6 Å². The highest BCUT2D eigenvalue weighted by molar-refractivity contribution is 7.99. The summed E-state index contributed by atoms with van der Waals surface area (Å²) in [5.41, 5.74) is 0.767. The molecule has 1 aromatic carbocycles. The minimum Gasteiger partial charge on any atom is -0.379 e. The summed E-state index contributed by atoms with van der Waals surface area (Å²) in [5.74, 6) is 1.08. The lowest BCUT2D eigenvalue weighted by Crippen LogP contribution is -2.42. The van der Waals surface area contributed by atoms with Crippen molar-refractivity contribution in [1.29, 1.82) is 0 Å². The molecule has 32 heavy (non-hydrogen) atoms. The molecule has 2 fully saturated rings. The normalized spacial score (nSPS) is 20.4. The maximum Gasteiger partial charge on any atom is 0.243 e. The van der Waals surface area contributed by atoms with E-state index in [0.717, 1.165) is 24.9 Å². The predicted octanol–water partition coefficient (Wildman–Crippen LogP) is 2.00. The van der Waals surface area contributed by atoms with Crippen LogP contribution in [0.5, 0.6) is 0 Å². The van der Waals surface area contributed by atoms with Gasteiger partial charge in [-0.3, -0.25) is 4.79 Å². The van der Waals surface area contributed by atoms with Gasteiger partial charge in [-0.05, 0) is 50.5 Å². The molecule has 0 saturated carbocycles. The van der Waals surface area contributed by atoms with E-state index in [1.165, 1.54) is 22.5 Å². The molecule has 0 bridgehead atoms. The van der Waals surface area contributed by atoms with Gasteiger partial charge in [0.05, 0.1) is 23.9 Å². The number of piperidine rings is 1. The Balaban J connectivity index is 1.43. The van der Waals surface area contributed by atoms with Gasteiger partial charge in [0, 0.05) is 38.3 Å². The van der Waals surface area contributed by atoms with Crippen molar-refractivity contribution in [3.05, 3.63) is 24.3 Å². The summed E-state index contributed by atoms with van der Waals surface area (Å²) < 4.78 is 34.1. The molecule has 1 atom stereocenters. The van der Waals surface area contributed by atoms with Gasteiger partial charge in [-0.1, -0.05) is 11.8 Å². The van der Waals surface area contributed by atoms with E-state index in [4.69, 9.17) is 4.74 Å². The van der Waals surface area contributed by atoms with Crippen molar-refractivity contribution in [3.63, 3.8) is 0 Å². The van der Waals surface area contributed by atoms with E-state index in [1.54, 1.807) is 24.3 Å². The standard InChI is InChI=1S/C21H29N5O4S2/c1-16-5-3-4-10-26(16)19(27)15-31-21-23-22-20(24(21)2)17-6-8-18(9-7-17)32(28,29)25-11-13-30-14-12-25/h6-9,16H,3-5,10-15H2,1-2H3/t16-/m0/s1. The maximum atomic E-state index is 12.8. The number of likely N-dealkylation sites (tertiary alicyclic amines) is 1. The summed E-state index contributed by atoms with van der Waals surface area (Å²) in [5, 5.41) is 9.16. The number of amides is 1. The zero-order chi connectivity index (χ0) is 22.7. The van der Waals surface area contributed by atoms with Gasteiger partial charge in [-0.2, -0.15) is 4.31 Å². The zero-order valence-electron chi connectivity index (χ0n) is 18.4. The monoisotopic (exact) mass is 479 g/mol. The molecule has 174 valence electrons. The second kappa shape index (κ2) is 9.90. The number of carbonyl (C=O) groups excluding carboxylic acids is 1. The number of ether oxygens (including phenoxy) is 1. The van der Waals surface area contributed by atoms with Crippen LogP contribution >= 0.6 is 11.8 Å². The fraction of sp³-hybridized carbons (Fsp3) is 0.571. The predicted molar refractivity (Wildman–Crippen MR) is 122 cm³/mol. The first-order valence-corrected chi connectivity index (χ1v) is 13.3. The highest BCUT2D eigenvalue weighted by Crippen LogP contribution is 2.26. The SMILES string of the molecule is C[C@H]1CCCCN1C(=O)CSc1nnc(-c2ccc(S(=O)(=O)N3CCOCC3)cc2)n1C. The van der Waals surface area contributed by atoms with Crippen LogP contribution in [-0.2, 0) is 26.6 Å². The van der Waals surface area contributed by atoms with Gasteiger partial charge in [0.2, 0.25) is 15.9 Å². The van der Waals surface area contributed by atoms with Crippen LogP contribution in [0.3, 0.4) is 0 Å². The summed E-state index contributed by atoms with van der Waals surface area (Å²) in [6, 6.07) is 6.98. The van der Waals surface area contributed by atoms with Gasteiger partial charge in [-0.25, -0.2) is 8.42 Å². The van der Waals surface area contributed by atoms with Crippen LogP contribution < -0.4 is 0 Å². The Morgan fingerprint density at radius 3 is 2.53 bits per heavy atom. The van der Waals surface area contributed by atoms with Crippen molar-refractivity contribution in [3.8, 4) is 11.4 Å². The molecule has 4 rings (SSSR count). The Kier molecular flexibility index (Phi) is 7.18. The average molecular weight is 480 g/mol. The lowest BCUT2D eigenvalue weighted by Gasteiger charge is -2.33. The van der Waals surface area contributed by atoms with Crippen LogP contribution in [0.15, 0.2) is 34.3 Å². The molecule has 0 unspecified atom stereocenters. The Labute approximate surface area is 193 Å². The van der Waals surface area contributed by atoms with Crippen LogP contribution in [0.25, 0.3) is 11.4 Å². The summed E-state index contributed by atoms with van der Waals surface area (Å²) in [6.07, 6.45) is 3.30. The molecule has 11 heteroatoms. The molecule has 0 spiro atoms. The first kappa shape index (κ1) is 23.2. The molecule has 2 aliphatic heterocycles. The van der Waals surface area contributed by atoms with Gasteiger partial charge in [0.15, 0.2) is 11.0 Å². The minimum atomic E-state index is -3.54. The van der Waals surface area contributed by atoms with Crippen LogP contribution in [0, 0.1) is 0 Å². The highest BCUT2D eigenvalue weighted by Gasteiger charge is 2.27.